The second-order valence-electron chi connectivity index (χ2n) is 5.64. The molecule has 0 heterocycles. The van der Waals surface area contributed by atoms with Gasteiger partial charge in [-0.1, -0.05) is 12.1 Å². The van der Waals surface area contributed by atoms with E-state index < -0.39 is 0 Å². The summed E-state index contributed by atoms with van der Waals surface area (Å²) in [6.07, 6.45) is 1.64. The first-order valence-electron chi connectivity index (χ1n) is 7.80. The fourth-order valence-corrected chi connectivity index (χ4v) is 2.48. The van der Waals surface area contributed by atoms with Crippen molar-refractivity contribution < 1.29 is 14.3 Å². The predicted molar refractivity (Wildman–Crippen MR) is 95.8 cm³/mol. The van der Waals surface area contributed by atoms with Crippen molar-refractivity contribution in [2.24, 2.45) is 0 Å². The third-order valence-electron chi connectivity index (χ3n) is 3.54. The fraction of sp³-hybridized carbons (Fsp3) is 0.250. The van der Waals surface area contributed by atoms with Crippen LogP contribution in [-0.2, 0) is 6.61 Å². The summed E-state index contributed by atoms with van der Waals surface area (Å²) < 4.78 is 11.3. The molecule has 0 radical (unpaired) electrons. The number of carbonyl (C=O) groups excluding carboxylic acids is 1. The third-order valence-corrected chi connectivity index (χ3v) is 3.54. The number of methoxy groups -OCH3 is 1. The topological polar surface area (TPSA) is 47.6 Å². The first-order chi connectivity index (χ1) is 11.5. The number of nitrogens with one attached hydrogen (secondary N) is 1. The minimum absolute atomic E-state index is 0.148. The van der Waals surface area contributed by atoms with Gasteiger partial charge in [0.2, 0.25) is 0 Å². The van der Waals surface area contributed by atoms with E-state index >= 15 is 0 Å². The van der Waals surface area contributed by atoms with Gasteiger partial charge in [-0.15, -0.1) is 6.58 Å². The minimum Gasteiger partial charge on any atom is -0.496 e. The number of benzene rings is 2. The lowest BCUT2D eigenvalue weighted by atomic mass is 10.1. The van der Waals surface area contributed by atoms with Crippen LogP contribution in [0.25, 0.3) is 0 Å². The molecule has 4 heteroatoms. The number of hydrogen-bond acceptors (Lipinski definition) is 3. The van der Waals surface area contributed by atoms with Crippen molar-refractivity contribution in [2.45, 2.75) is 20.5 Å². The average molecular weight is 325 g/mol. The first kappa shape index (κ1) is 17.6. The Balaban J connectivity index is 2.17. The molecule has 0 atom stereocenters. The van der Waals surface area contributed by atoms with Crippen LogP contribution in [0.5, 0.6) is 11.5 Å². The molecule has 0 saturated carbocycles. The summed E-state index contributed by atoms with van der Waals surface area (Å²) in [4.78, 5) is 12.1. The molecule has 0 aliphatic carbocycles. The molecule has 2 aromatic carbocycles. The molecule has 0 unspecified atom stereocenters. The molecule has 1 N–H and O–H groups in total. The zero-order valence-corrected chi connectivity index (χ0v) is 14.4. The van der Waals surface area contributed by atoms with E-state index in [4.69, 9.17) is 9.47 Å². The van der Waals surface area contributed by atoms with Gasteiger partial charge in [-0.2, -0.15) is 0 Å². The maximum absolute atomic E-state index is 12.1. The van der Waals surface area contributed by atoms with Crippen LogP contribution >= 0.6 is 0 Å². The van der Waals surface area contributed by atoms with E-state index in [0.717, 1.165) is 22.4 Å². The average Bonchev–Trinajstić information content (AvgIpc) is 2.56. The van der Waals surface area contributed by atoms with Crippen LogP contribution in [0.1, 0.15) is 27.0 Å². The Bertz CT molecular complexity index is 717. The van der Waals surface area contributed by atoms with Gasteiger partial charge >= 0.3 is 0 Å². The molecular formula is C20H23NO3. The second-order valence-corrected chi connectivity index (χ2v) is 5.64. The number of hydrogen-bond donors (Lipinski definition) is 1. The highest BCUT2D eigenvalue weighted by Crippen LogP contribution is 2.23. The van der Waals surface area contributed by atoms with Crippen LogP contribution in [0.3, 0.4) is 0 Å². The molecule has 2 rings (SSSR count). The highest BCUT2D eigenvalue weighted by atomic mass is 16.5. The summed E-state index contributed by atoms with van der Waals surface area (Å²) in [6, 6.07) is 11.4. The lowest BCUT2D eigenvalue weighted by molar-refractivity contribution is 0.0958. The van der Waals surface area contributed by atoms with Crippen LogP contribution in [0.2, 0.25) is 0 Å². The number of aryl methyl sites for hydroxylation is 2. The monoisotopic (exact) mass is 325 g/mol. The van der Waals surface area contributed by atoms with E-state index in [0.29, 0.717) is 24.5 Å². The van der Waals surface area contributed by atoms with Gasteiger partial charge < -0.3 is 14.8 Å². The number of amides is 1. The van der Waals surface area contributed by atoms with Crippen LogP contribution in [0.15, 0.2) is 49.1 Å². The molecule has 0 aromatic heterocycles. The molecule has 2 aromatic rings. The smallest absolute Gasteiger partial charge is 0.251 e. The predicted octanol–water partition coefficient (Wildman–Crippen LogP) is 3.81. The summed E-state index contributed by atoms with van der Waals surface area (Å²) >= 11 is 0. The van der Waals surface area contributed by atoms with Crippen LogP contribution < -0.4 is 14.8 Å². The standard InChI is InChI=1S/C20H23NO3/c1-5-8-21-20(22)16-6-7-19(23-4)17(12-16)13-24-18-10-14(2)9-15(3)11-18/h5-7,9-12H,1,8,13H2,2-4H3,(H,21,22). The maximum atomic E-state index is 12.1. The SMILES string of the molecule is C=CCNC(=O)c1ccc(OC)c(COc2cc(C)cc(C)c2)c1. The van der Waals surface area contributed by atoms with E-state index in [1.54, 1.807) is 31.4 Å². The van der Waals surface area contributed by atoms with Crippen molar-refractivity contribution in [3.05, 3.63) is 71.3 Å². The normalized spacial score (nSPS) is 10.1. The highest BCUT2D eigenvalue weighted by molar-refractivity contribution is 5.94. The van der Waals surface area contributed by atoms with Crippen LogP contribution in [0, 0.1) is 13.8 Å². The molecule has 1 amide bonds. The van der Waals surface area contributed by atoms with Crippen molar-refractivity contribution in [3.63, 3.8) is 0 Å². The van der Waals surface area contributed by atoms with E-state index in [-0.39, 0.29) is 5.91 Å². The molecule has 4 nitrogen and oxygen atoms in total. The Hall–Kier alpha value is -2.75. The van der Waals surface area contributed by atoms with Crippen molar-refractivity contribution >= 4 is 5.91 Å². The Morgan fingerprint density at radius 1 is 1.17 bits per heavy atom. The molecule has 0 saturated heterocycles. The molecule has 0 aliphatic rings. The quantitative estimate of drug-likeness (QED) is 0.788. The van der Waals surface area contributed by atoms with E-state index in [2.05, 4.69) is 18.0 Å². The molecule has 0 aliphatic heterocycles. The van der Waals surface area contributed by atoms with E-state index in [1.165, 1.54) is 0 Å². The first-order valence-corrected chi connectivity index (χ1v) is 7.80. The van der Waals surface area contributed by atoms with Gasteiger partial charge in [-0.25, -0.2) is 0 Å². The lowest BCUT2D eigenvalue weighted by Crippen LogP contribution is -2.23. The van der Waals surface area contributed by atoms with Crippen molar-refractivity contribution in [3.8, 4) is 11.5 Å². The van der Waals surface area contributed by atoms with Gasteiger partial charge in [0.15, 0.2) is 0 Å². The van der Waals surface area contributed by atoms with Crippen LogP contribution in [0.4, 0.5) is 0 Å². The Labute approximate surface area is 143 Å². The molecule has 0 fully saturated rings. The summed E-state index contributed by atoms with van der Waals surface area (Å²) in [5.74, 6) is 1.35. The van der Waals surface area contributed by atoms with Gasteiger partial charge in [-0.3, -0.25) is 4.79 Å². The summed E-state index contributed by atoms with van der Waals surface area (Å²) in [7, 11) is 1.60. The zero-order valence-electron chi connectivity index (χ0n) is 14.4. The summed E-state index contributed by atoms with van der Waals surface area (Å²) in [6.45, 7) is 8.42. The van der Waals surface area contributed by atoms with Crippen molar-refractivity contribution in [1.29, 1.82) is 0 Å². The Morgan fingerprint density at radius 2 is 1.88 bits per heavy atom. The molecule has 126 valence electrons. The molecule has 0 bridgehead atoms. The van der Waals surface area contributed by atoms with Crippen molar-refractivity contribution in [1.82, 2.24) is 5.32 Å². The van der Waals surface area contributed by atoms with Crippen LogP contribution in [-0.4, -0.2) is 19.6 Å². The van der Waals surface area contributed by atoms with E-state index in [9.17, 15) is 4.79 Å². The molecular weight excluding hydrogens is 302 g/mol. The van der Waals surface area contributed by atoms with Gasteiger partial charge in [-0.05, 0) is 55.3 Å². The summed E-state index contributed by atoms with van der Waals surface area (Å²) in [5, 5.41) is 2.76. The van der Waals surface area contributed by atoms with Crippen molar-refractivity contribution in [2.75, 3.05) is 13.7 Å². The van der Waals surface area contributed by atoms with Gasteiger partial charge in [0.1, 0.15) is 18.1 Å². The third kappa shape index (κ3) is 4.62. The van der Waals surface area contributed by atoms with Gasteiger partial charge in [0.25, 0.3) is 5.91 Å². The minimum atomic E-state index is -0.148. The van der Waals surface area contributed by atoms with Gasteiger partial charge in [0, 0.05) is 17.7 Å². The fourth-order valence-electron chi connectivity index (χ4n) is 2.48. The molecule has 24 heavy (non-hydrogen) atoms. The summed E-state index contributed by atoms with van der Waals surface area (Å²) in [5.41, 5.74) is 3.68. The maximum Gasteiger partial charge on any atom is 0.251 e. The second kappa shape index (κ2) is 8.20. The Kier molecular flexibility index (Phi) is 6.01. The van der Waals surface area contributed by atoms with Gasteiger partial charge in [0.05, 0.1) is 7.11 Å². The highest BCUT2D eigenvalue weighted by Gasteiger charge is 2.10. The Morgan fingerprint density at radius 3 is 2.50 bits per heavy atom. The largest absolute Gasteiger partial charge is 0.496 e. The number of ether oxygens (including phenoxy) is 2. The van der Waals surface area contributed by atoms with E-state index in [1.807, 2.05) is 26.0 Å². The lowest BCUT2D eigenvalue weighted by Gasteiger charge is -2.13. The zero-order chi connectivity index (χ0) is 17.5. The number of carbonyl (C=O) groups is 1. The number of rotatable bonds is 7. The molecule has 0 spiro atoms.